The number of nitrogens with zero attached hydrogens (tertiary/aromatic N) is 1. The highest BCUT2D eigenvalue weighted by molar-refractivity contribution is 7.89. The van der Waals surface area contributed by atoms with Crippen molar-refractivity contribution in [2.24, 2.45) is 5.73 Å². The van der Waals surface area contributed by atoms with Crippen LogP contribution in [0.4, 0.5) is 0 Å². The minimum absolute atomic E-state index is 0.0589. The predicted octanol–water partition coefficient (Wildman–Crippen LogP) is 1.33. The zero-order valence-corrected chi connectivity index (χ0v) is 13.3. The maximum absolute atomic E-state index is 12.5. The lowest BCUT2D eigenvalue weighted by molar-refractivity contribution is 0.576. The molecular formula is C13H16N4O2S2. The van der Waals surface area contributed by atoms with Crippen LogP contribution in [-0.4, -0.2) is 23.6 Å². The van der Waals surface area contributed by atoms with Crippen molar-refractivity contribution in [3.8, 4) is 0 Å². The molecule has 0 spiro atoms. The van der Waals surface area contributed by atoms with Gasteiger partial charge in [0.15, 0.2) is 0 Å². The Bertz CT molecular complexity index is 734. The zero-order valence-electron chi connectivity index (χ0n) is 11.6. The van der Waals surface area contributed by atoms with E-state index in [0.717, 1.165) is 0 Å². The van der Waals surface area contributed by atoms with E-state index in [-0.39, 0.29) is 9.88 Å². The molecule has 6 nitrogen and oxygen atoms in total. The molecule has 0 bridgehead atoms. The number of H-pyrrole nitrogens is 1. The molecule has 1 atom stereocenters. The first kappa shape index (κ1) is 15.6. The normalized spacial score (nSPS) is 13.0. The Balaban J connectivity index is 2.40. The summed E-state index contributed by atoms with van der Waals surface area (Å²) in [7, 11) is -3.78. The van der Waals surface area contributed by atoms with Gasteiger partial charge in [0.25, 0.3) is 0 Å². The standard InChI is InChI=1S/C13H16N4O2S2/c1-8-12(9(2)16-15-8)21(18,19)17-11(13(14)20)10-6-4-3-5-7-10/h3-7,11,17H,1-2H3,(H2,14,20)(H,15,16). The summed E-state index contributed by atoms with van der Waals surface area (Å²) in [4.78, 5) is 0.184. The lowest BCUT2D eigenvalue weighted by atomic mass is 10.1. The van der Waals surface area contributed by atoms with Crippen molar-refractivity contribution in [2.45, 2.75) is 24.8 Å². The molecule has 1 aromatic heterocycles. The number of hydrogen-bond acceptors (Lipinski definition) is 4. The summed E-state index contributed by atoms with van der Waals surface area (Å²) < 4.78 is 27.6. The van der Waals surface area contributed by atoms with Crippen LogP contribution < -0.4 is 10.5 Å². The van der Waals surface area contributed by atoms with Crippen LogP contribution in [0.15, 0.2) is 35.2 Å². The molecule has 1 aromatic carbocycles. The van der Waals surface area contributed by atoms with Crippen molar-refractivity contribution >= 4 is 27.2 Å². The molecule has 0 saturated carbocycles. The molecule has 1 unspecified atom stereocenters. The Morgan fingerprint density at radius 1 is 1.33 bits per heavy atom. The van der Waals surface area contributed by atoms with Crippen molar-refractivity contribution < 1.29 is 8.42 Å². The molecule has 0 radical (unpaired) electrons. The maximum Gasteiger partial charge on any atom is 0.245 e. The van der Waals surface area contributed by atoms with Crippen molar-refractivity contribution in [1.82, 2.24) is 14.9 Å². The third-order valence-corrected chi connectivity index (χ3v) is 4.94. The number of nitrogens with one attached hydrogen (secondary N) is 2. The summed E-state index contributed by atoms with van der Waals surface area (Å²) in [5, 5.41) is 6.55. The molecule has 0 amide bonds. The average molecular weight is 324 g/mol. The van der Waals surface area contributed by atoms with E-state index in [2.05, 4.69) is 14.9 Å². The van der Waals surface area contributed by atoms with Gasteiger partial charge in [-0.25, -0.2) is 8.42 Å². The van der Waals surface area contributed by atoms with E-state index in [4.69, 9.17) is 18.0 Å². The van der Waals surface area contributed by atoms with Crippen LogP contribution >= 0.6 is 12.2 Å². The number of hydrogen-bond donors (Lipinski definition) is 3. The Morgan fingerprint density at radius 3 is 2.43 bits per heavy atom. The number of sulfonamides is 1. The molecule has 2 rings (SSSR count). The van der Waals surface area contributed by atoms with Crippen LogP contribution in [0.2, 0.25) is 0 Å². The lowest BCUT2D eigenvalue weighted by Crippen LogP contribution is -2.36. The number of rotatable bonds is 5. The molecule has 8 heteroatoms. The third-order valence-electron chi connectivity index (χ3n) is 3.02. The fourth-order valence-electron chi connectivity index (χ4n) is 2.09. The van der Waals surface area contributed by atoms with Crippen LogP contribution in [0.5, 0.6) is 0 Å². The van der Waals surface area contributed by atoms with Gasteiger partial charge in [-0.3, -0.25) is 5.10 Å². The Kier molecular flexibility index (Phi) is 4.40. The summed E-state index contributed by atoms with van der Waals surface area (Å²) in [5.41, 5.74) is 7.24. The Morgan fingerprint density at radius 2 is 1.95 bits per heavy atom. The second kappa shape index (κ2) is 5.92. The van der Waals surface area contributed by atoms with E-state index in [1.807, 2.05) is 6.07 Å². The molecule has 0 aliphatic rings. The van der Waals surface area contributed by atoms with Crippen molar-refractivity contribution in [3.63, 3.8) is 0 Å². The van der Waals surface area contributed by atoms with Gasteiger partial charge in [0, 0.05) is 0 Å². The van der Waals surface area contributed by atoms with Crippen molar-refractivity contribution in [3.05, 3.63) is 47.3 Å². The van der Waals surface area contributed by atoms with Gasteiger partial charge in [0.1, 0.15) is 4.90 Å². The number of aromatic amines is 1. The van der Waals surface area contributed by atoms with Crippen LogP contribution in [0.1, 0.15) is 23.0 Å². The van der Waals surface area contributed by atoms with E-state index >= 15 is 0 Å². The van der Waals surface area contributed by atoms with E-state index < -0.39 is 16.1 Å². The van der Waals surface area contributed by atoms with E-state index in [0.29, 0.717) is 17.0 Å². The first-order valence-electron chi connectivity index (χ1n) is 6.21. The summed E-state index contributed by atoms with van der Waals surface area (Å²) in [6, 6.07) is 8.19. The molecular weight excluding hydrogens is 308 g/mol. The largest absolute Gasteiger partial charge is 0.392 e. The lowest BCUT2D eigenvalue weighted by Gasteiger charge is -2.18. The van der Waals surface area contributed by atoms with Gasteiger partial charge in [0.2, 0.25) is 10.0 Å². The second-order valence-corrected chi connectivity index (χ2v) is 6.75. The van der Waals surface area contributed by atoms with Gasteiger partial charge in [0.05, 0.1) is 22.4 Å². The minimum atomic E-state index is -3.78. The summed E-state index contributed by atoms with van der Waals surface area (Å²) >= 11 is 4.99. The summed E-state index contributed by atoms with van der Waals surface area (Å²) in [6.07, 6.45) is 0. The quantitative estimate of drug-likeness (QED) is 0.720. The number of aromatic nitrogens is 2. The molecule has 0 saturated heterocycles. The second-order valence-electron chi connectivity index (χ2n) is 4.63. The Labute approximate surface area is 128 Å². The number of benzene rings is 1. The van der Waals surface area contributed by atoms with Crippen molar-refractivity contribution in [2.75, 3.05) is 0 Å². The highest BCUT2D eigenvalue weighted by Gasteiger charge is 2.27. The minimum Gasteiger partial charge on any atom is -0.392 e. The van der Waals surface area contributed by atoms with Gasteiger partial charge in [-0.2, -0.15) is 9.82 Å². The van der Waals surface area contributed by atoms with E-state index in [1.165, 1.54) is 0 Å². The van der Waals surface area contributed by atoms with Crippen LogP contribution in [0.3, 0.4) is 0 Å². The van der Waals surface area contributed by atoms with Gasteiger partial charge in [-0.05, 0) is 19.4 Å². The predicted molar refractivity (Wildman–Crippen MR) is 84.4 cm³/mol. The molecule has 0 aliphatic heterocycles. The number of aryl methyl sites for hydroxylation is 2. The topological polar surface area (TPSA) is 101 Å². The van der Waals surface area contributed by atoms with Crippen LogP contribution in [0.25, 0.3) is 0 Å². The number of nitrogens with two attached hydrogens (primary N) is 1. The van der Waals surface area contributed by atoms with E-state index in [9.17, 15) is 8.42 Å². The Hall–Kier alpha value is -1.77. The zero-order chi connectivity index (χ0) is 15.6. The molecule has 1 heterocycles. The molecule has 112 valence electrons. The molecule has 0 aliphatic carbocycles. The molecule has 2 aromatic rings. The average Bonchev–Trinajstić information content (AvgIpc) is 2.77. The number of thiocarbonyl (C=S) groups is 1. The third kappa shape index (κ3) is 3.29. The summed E-state index contributed by atoms with van der Waals surface area (Å²) in [6.45, 7) is 3.27. The van der Waals surface area contributed by atoms with Crippen molar-refractivity contribution in [1.29, 1.82) is 0 Å². The first-order valence-corrected chi connectivity index (χ1v) is 8.10. The van der Waals surface area contributed by atoms with E-state index in [1.54, 1.807) is 38.1 Å². The fraction of sp³-hybridized carbons (Fsp3) is 0.231. The van der Waals surface area contributed by atoms with Gasteiger partial charge < -0.3 is 5.73 Å². The van der Waals surface area contributed by atoms with Gasteiger partial charge in [-0.15, -0.1) is 0 Å². The molecule has 0 fully saturated rings. The van der Waals surface area contributed by atoms with Gasteiger partial charge in [-0.1, -0.05) is 42.5 Å². The monoisotopic (exact) mass is 324 g/mol. The van der Waals surface area contributed by atoms with Crippen LogP contribution in [0, 0.1) is 13.8 Å². The maximum atomic E-state index is 12.5. The SMILES string of the molecule is Cc1n[nH]c(C)c1S(=O)(=O)NC(C(N)=S)c1ccccc1. The fourth-order valence-corrected chi connectivity index (χ4v) is 3.93. The molecule has 4 N–H and O–H groups in total. The first-order chi connectivity index (χ1) is 9.83. The van der Waals surface area contributed by atoms with Gasteiger partial charge >= 0.3 is 0 Å². The highest BCUT2D eigenvalue weighted by atomic mass is 32.2. The summed E-state index contributed by atoms with van der Waals surface area (Å²) in [5.74, 6) is 0. The van der Waals surface area contributed by atoms with Crippen LogP contribution in [-0.2, 0) is 10.0 Å². The highest BCUT2D eigenvalue weighted by Crippen LogP contribution is 2.21. The smallest absolute Gasteiger partial charge is 0.245 e. The molecule has 21 heavy (non-hydrogen) atoms.